The molecule has 0 atom stereocenters. The zero-order valence-electron chi connectivity index (χ0n) is 11.0. The van der Waals surface area contributed by atoms with Gasteiger partial charge in [-0.15, -0.1) is 0 Å². The highest BCUT2D eigenvalue weighted by molar-refractivity contribution is 9.10. The van der Waals surface area contributed by atoms with E-state index in [1.165, 1.54) is 18.2 Å². The zero-order chi connectivity index (χ0) is 15.0. The number of sulfonamides is 1. The Balaban J connectivity index is 2.38. The van der Waals surface area contributed by atoms with E-state index in [-0.39, 0.29) is 16.0 Å². The van der Waals surface area contributed by atoms with Crippen molar-refractivity contribution in [2.45, 2.75) is 43.0 Å². The Bertz CT molecular complexity index is 632. The van der Waals surface area contributed by atoms with Crippen LogP contribution in [0.2, 0.25) is 0 Å². The molecule has 0 unspecified atom stereocenters. The minimum atomic E-state index is -3.74. The summed E-state index contributed by atoms with van der Waals surface area (Å²) in [7, 11) is -3.74. The van der Waals surface area contributed by atoms with Crippen molar-refractivity contribution in [2.75, 3.05) is 0 Å². The lowest BCUT2D eigenvalue weighted by Crippen LogP contribution is -2.52. The van der Waals surface area contributed by atoms with Crippen molar-refractivity contribution < 1.29 is 18.3 Å². The first-order valence-corrected chi connectivity index (χ1v) is 8.64. The number of aromatic carboxylic acids is 1. The van der Waals surface area contributed by atoms with Crippen LogP contribution in [-0.2, 0) is 10.0 Å². The Morgan fingerprint density at radius 3 is 2.55 bits per heavy atom. The molecule has 110 valence electrons. The van der Waals surface area contributed by atoms with Crippen LogP contribution in [0.3, 0.4) is 0 Å². The van der Waals surface area contributed by atoms with Crippen molar-refractivity contribution in [1.29, 1.82) is 0 Å². The van der Waals surface area contributed by atoms with Gasteiger partial charge >= 0.3 is 5.97 Å². The largest absolute Gasteiger partial charge is 0.478 e. The number of halogens is 1. The van der Waals surface area contributed by atoms with Crippen LogP contribution in [0, 0.1) is 0 Å². The van der Waals surface area contributed by atoms with Crippen LogP contribution in [0.25, 0.3) is 0 Å². The van der Waals surface area contributed by atoms with Gasteiger partial charge in [0, 0.05) is 10.0 Å². The molecule has 5 nitrogen and oxygen atoms in total. The molecule has 20 heavy (non-hydrogen) atoms. The molecule has 0 aromatic heterocycles. The molecule has 1 fully saturated rings. The average molecular weight is 362 g/mol. The average Bonchev–Trinajstić information content (AvgIpc) is 2.34. The lowest BCUT2D eigenvalue weighted by molar-refractivity contribution is 0.0696. The fourth-order valence-electron chi connectivity index (χ4n) is 2.31. The van der Waals surface area contributed by atoms with E-state index in [1.807, 2.05) is 6.92 Å². The molecule has 0 amide bonds. The SMILES string of the molecule is CCC1(NS(=O)(=O)c2cc(C(=O)O)ccc2Br)CCC1. The van der Waals surface area contributed by atoms with Gasteiger partial charge in [-0.05, 0) is 59.8 Å². The number of carboxylic acids is 1. The minimum absolute atomic E-state index is 0.0304. The second-order valence-electron chi connectivity index (χ2n) is 5.04. The molecule has 0 bridgehead atoms. The Morgan fingerprint density at radius 1 is 1.45 bits per heavy atom. The third kappa shape index (κ3) is 2.89. The molecule has 0 spiro atoms. The molecule has 7 heteroatoms. The van der Waals surface area contributed by atoms with E-state index < -0.39 is 16.0 Å². The molecule has 0 heterocycles. The standard InChI is InChI=1S/C13H16BrNO4S/c1-2-13(6-3-7-13)15-20(18,19)11-8-9(12(16)17)4-5-10(11)14/h4-5,8,15H,2-3,6-7H2,1H3,(H,16,17). The number of hydrogen-bond donors (Lipinski definition) is 2. The summed E-state index contributed by atoms with van der Waals surface area (Å²) in [5, 5.41) is 8.97. The van der Waals surface area contributed by atoms with Crippen molar-refractivity contribution in [3.05, 3.63) is 28.2 Å². The molecular weight excluding hydrogens is 346 g/mol. The van der Waals surface area contributed by atoms with Crippen LogP contribution in [0.1, 0.15) is 43.0 Å². The second kappa shape index (κ2) is 5.46. The maximum Gasteiger partial charge on any atom is 0.335 e. The lowest BCUT2D eigenvalue weighted by Gasteiger charge is -2.41. The second-order valence-corrected chi connectivity index (χ2v) is 7.55. The van der Waals surface area contributed by atoms with E-state index in [2.05, 4.69) is 20.7 Å². The van der Waals surface area contributed by atoms with E-state index >= 15 is 0 Å². The summed E-state index contributed by atoms with van der Waals surface area (Å²) >= 11 is 3.17. The number of rotatable bonds is 5. The van der Waals surface area contributed by atoms with Gasteiger partial charge in [-0.1, -0.05) is 6.92 Å². The smallest absolute Gasteiger partial charge is 0.335 e. The first-order valence-electron chi connectivity index (χ1n) is 6.36. The highest BCUT2D eigenvalue weighted by atomic mass is 79.9. The molecule has 0 aliphatic heterocycles. The van der Waals surface area contributed by atoms with Gasteiger partial charge in [-0.25, -0.2) is 17.9 Å². The molecule has 1 aliphatic carbocycles. The molecule has 0 radical (unpaired) electrons. The summed E-state index contributed by atoms with van der Waals surface area (Å²) in [6, 6.07) is 3.98. The van der Waals surface area contributed by atoms with E-state index in [1.54, 1.807) is 0 Å². The maximum absolute atomic E-state index is 12.5. The Morgan fingerprint density at radius 2 is 2.10 bits per heavy atom. The van der Waals surface area contributed by atoms with Crippen molar-refractivity contribution in [3.63, 3.8) is 0 Å². The zero-order valence-corrected chi connectivity index (χ0v) is 13.4. The Kier molecular flexibility index (Phi) is 4.22. The van der Waals surface area contributed by atoms with E-state index in [0.717, 1.165) is 25.7 Å². The third-order valence-electron chi connectivity index (χ3n) is 3.81. The first-order chi connectivity index (χ1) is 9.30. The fraction of sp³-hybridized carbons (Fsp3) is 0.462. The fourth-order valence-corrected chi connectivity index (χ4v) is 4.83. The van der Waals surface area contributed by atoms with Crippen LogP contribution in [-0.4, -0.2) is 25.0 Å². The van der Waals surface area contributed by atoms with Crippen LogP contribution >= 0.6 is 15.9 Å². The topological polar surface area (TPSA) is 83.5 Å². The normalized spacial score (nSPS) is 17.5. The van der Waals surface area contributed by atoms with Crippen molar-refractivity contribution >= 4 is 31.9 Å². The number of benzene rings is 1. The molecule has 1 aromatic rings. The van der Waals surface area contributed by atoms with Crippen molar-refractivity contribution in [3.8, 4) is 0 Å². The number of carboxylic acid groups (broad SMARTS) is 1. The molecule has 0 saturated heterocycles. The van der Waals surface area contributed by atoms with Gasteiger partial charge in [0.25, 0.3) is 0 Å². The van der Waals surface area contributed by atoms with E-state index in [4.69, 9.17) is 5.11 Å². The minimum Gasteiger partial charge on any atom is -0.478 e. The van der Waals surface area contributed by atoms with Crippen LogP contribution in [0.15, 0.2) is 27.6 Å². The van der Waals surface area contributed by atoms with E-state index in [0.29, 0.717) is 4.47 Å². The highest BCUT2D eigenvalue weighted by Crippen LogP contribution is 2.36. The van der Waals surface area contributed by atoms with E-state index in [9.17, 15) is 13.2 Å². The number of nitrogens with one attached hydrogen (secondary N) is 1. The van der Waals surface area contributed by atoms with Crippen LogP contribution in [0.4, 0.5) is 0 Å². The van der Waals surface area contributed by atoms with Crippen molar-refractivity contribution in [2.24, 2.45) is 0 Å². The summed E-state index contributed by atoms with van der Waals surface area (Å²) in [6.07, 6.45) is 3.37. The Labute approximate surface area is 126 Å². The van der Waals surface area contributed by atoms with Gasteiger partial charge in [0.15, 0.2) is 0 Å². The summed E-state index contributed by atoms with van der Waals surface area (Å²) in [5.41, 5.74) is -0.426. The highest BCUT2D eigenvalue weighted by Gasteiger charge is 2.39. The van der Waals surface area contributed by atoms with Gasteiger partial charge in [-0.2, -0.15) is 0 Å². The lowest BCUT2D eigenvalue weighted by atomic mass is 9.76. The predicted molar refractivity (Wildman–Crippen MR) is 78.3 cm³/mol. The van der Waals surface area contributed by atoms with Gasteiger partial charge in [0.2, 0.25) is 10.0 Å². The van der Waals surface area contributed by atoms with Crippen molar-refractivity contribution in [1.82, 2.24) is 4.72 Å². The molecular formula is C13H16BrNO4S. The number of hydrogen-bond acceptors (Lipinski definition) is 3. The first kappa shape index (κ1) is 15.5. The summed E-state index contributed by atoms with van der Waals surface area (Å²) in [5.74, 6) is -1.15. The quantitative estimate of drug-likeness (QED) is 0.844. The molecule has 2 N–H and O–H groups in total. The molecule has 2 rings (SSSR count). The van der Waals surface area contributed by atoms with Gasteiger partial charge < -0.3 is 5.11 Å². The van der Waals surface area contributed by atoms with Crippen LogP contribution in [0.5, 0.6) is 0 Å². The monoisotopic (exact) mass is 361 g/mol. The summed E-state index contributed by atoms with van der Waals surface area (Å²) < 4.78 is 28.0. The summed E-state index contributed by atoms with van der Waals surface area (Å²) in [6.45, 7) is 1.95. The maximum atomic E-state index is 12.5. The molecule has 1 saturated carbocycles. The third-order valence-corrected chi connectivity index (χ3v) is 6.38. The molecule has 1 aromatic carbocycles. The summed E-state index contributed by atoms with van der Waals surface area (Å²) in [4.78, 5) is 10.9. The van der Waals surface area contributed by atoms with Gasteiger partial charge in [-0.3, -0.25) is 0 Å². The van der Waals surface area contributed by atoms with Gasteiger partial charge in [0.05, 0.1) is 10.5 Å². The van der Waals surface area contributed by atoms with Crippen LogP contribution < -0.4 is 4.72 Å². The number of carbonyl (C=O) groups is 1. The van der Waals surface area contributed by atoms with Gasteiger partial charge in [0.1, 0.15) is 0 Å². The Hall–Kier alpha value is -0.920. The predicted octanol–water partition coefficient (Wildman–Crippen LogP) is 2.76. The molecule has 1 aliphatic rings.